The smallest absolute Gasteiger partial charge is 0.224 e. The Bertz CT molecular complexity index is 554. The van der Waals surface area contributed by atoms with E-state index in [1.54, 1.807) is 13.3 Å². The van der Waals surface area contributed by atoms with Gasteiger partial charge in [-0.2, -0.15) is 4.98 Å². The van der Waals surface area contributed by atoms with Gasteiger partial charge in [0.05, 0.1) is 7.11 Å². The molecule has 0 fully saturated rings. The molecule has 0 atom stereocenters. The van der Waals surface area contributed by atoms with Gasteiger partial charge in [-0.3, -0.25) is 0 Å². The van der Waals surface area contributed by atoms with Crippen molar-refractivity contribution >= 4 is 11.8 Å². The summed E-state index contributed by atoms with van der Waals surface area (Å²) in [6, 6.07) is 9.83. The minimum absolute atomic E-state index is 0.560. The lowest BCUT2D eigenvalue weighted by atomic mass is 10.2. The third-order valence-corrected chi connectivity index (χ3v) is 2.96. The lowest BCUT2D eigenvalue weighted by Crippen LogP contribution is -2.11. The fourth-order valence-electron chi connectivity index (χ4n) is 1.77. The van der Waals surface area contributed by atoms with Gasteiger partial charge in [-0.1, -0.05) is 26.0 Å². The molecule has 0 spiro atoms. The van der Waals surface area contributed by atoms with Gasteiger partial charge in [-0.25, -0.2) is 4.98 Å². The van der Waals surface area contributed by atoms with E-state index in [0.717, 1.165) is 18.1 Å². The quantitative estimate of drug-likeness (QED) is 0.818. The Morgan fingerprint density at radius 1 is 1.10 bits per heavy atom. The molecule has 0 amide bonds. The van der Waals surface area contributed by atoms with Crippen molar-refractivity contribution < 1.29 is 4.74 Å². The maximum atomic E-state index is 5.14. The number of nitrogens with one attached hydrogen (secondary N) is 2. The number of ether oxygens (including phenoxy) is 1. The number of hydrogen-bond donors (Lipinski definition) is 2. The van der Waals surface area contributed by atoms with Crippen LogP contribution >= 0.6 is 0 Å². The predicted octanol–water partition coefficient (Wildman–Crippen LogP) is 3.17. The van der Waals surface area contributed by atoms with Crippen LogP contribution in [0.4, 0.5) is 11.8 Å². The second-order valence-electron chi connectivity index (χ2n) is 5.24. The third kappa shape index (κ3) is 4.95. The highest BCUT2D eigenvalue weighted by Crippen LogP contribution is 2.13. The summed E-state index contributed by atoms with van der Waals surface area (Å²) in [5, 5.41) is 6.51. The van der Waals surface area contributed by atoms with E-state index >= 15 is 0 Å². The molecule has 0 aliphatic rings. The molecule has 112 valence electrons. The molecule has 0 unspecified atom stereocenters. The highest BCUT2D eigenvalue weighted by Gasteiger charge is 2.01. The molecule has 2 rings (SSSR count). The molecule has 1 aromatic carbocycles. The number of hydrogen-bond acceptors (Lipinski definition) is 5. The Morgan fingerprint density at radius 2 is 1.86 bits per heavy atom. The Hall–Kier alpha value is -2.30. The standard InChI is InChI=1S/C16H22N4O/c1-12(2)10-19-16-17-9-8-15(20-16)18-11-13-4-6-14(21-3)7-5-13/h4-9,12H,10-11H2,1-3H3,(H2,17,18,19,20). The molecule has 1 heterocycles. The van der Waals surface area contributed by atoms with E-state index in [1.165, 1.54) is 5.56 Å². The van der Waals surface area contributed by atoms with E-state index in [2.05, 4.69) is 34.4 Å². The summed E-state index contributed by atoms with van der Waals surface area (Å²) in [5.41, 5.74) is 1.17. The van der Waals surface area contributed by atoms with Crippen LogP contribution in [0.2, 0.25) is 0 Å². The maximum absolute atomic E-state index is 5.14. The van der Waals surface area contributed by atoms with Crippen LogP contribution in [0.3, 0.4) is 0 Å². The van der Waals surface area contributed by atoms with Crippen molar-refractivity contribution in [3.8, 4) is 5.75 Å². The fraction of sp³-hybridized carbons (Fsp3) is 0.375. The molecule has 5 heteroatoms. The molecule has 0 aliphatic heterocycles. The van der Waals surface area contributed by atoms with Gasteiger partial charge in [0.15, 0.2) is 0 Å². The molecule has 0 saturated carbocycles. The van der Waals surface area contributed by atoms with Crippen molar-refractivity contribution in [1.29, 1.82) is 0 Å². The Morgan fingerprint density at radius 3 is 2.52 bits per heavy atom. The molecule has 0 radical (unpaired) electrons. The molecule has 0 saturated heterocycles. The lowest BCUT2D eigenvalue weighted by Gasteiger charge is -2.10. The number of rotatable bonds is 7. The largest absolute Gasteiger partial charge is 0.497 e. The topological polar surface area (TPSA) is 59.1 Å². The van der Waals surface area contributed by atoms with E-state index < -0.39 is 0 Å². The molecule has 21 heavy (non-hydrogen) atoms. The van der Waals surface area contributed by atoms with Gasteiger partial charge in [0.1, 0.15) is 11.6 Å². The van der Waals surface area contributed by atoms with Crippen LogP contribution in [0.1, 0.15) is 19.4 Å². The van der Waals surface area contributed by atoms with Gasteiger partial charge in [0, 0.05) is 19.3 Å². The van der Waals surface area contributed by atoms with Crippen LogP contribution in [-0.2, 0) is 6.54 Å². The normalized spacial score (nSPS) is 10.5. The zero-order chi connectivity index (χ0) is 15.1. The monoisotopic (exact) mass is 286 g/mol. The lowest BCUT2D eigenvalue weighted by molar-refractivity contribution is 0.414. The zero-order valence-corrected chi connectivity index (χ0v) is 12.8. The third-order valence-electron chi connectivity index (χ3n) is 2.96. The summed E-state index contributed by atoms with van der Waals surface area (Å²) in [5.74, 6) is 2.89. The van der Waals surface area contributed by atoms with Crippen LogP contribution in [0, 0.1) is 5.92 Å². The van der Waals surface area contributed by atoms with Gasteiger partial charge in [0.25, 0.3) is 0 Å². The summed E-state index contributed by atoms with van der Waals surface area (Å²) < 4.78 is 5.14. The summed E-state index contributed by atoms with van der Waals surface area (Å²) in [7, 11) is 1.67. The second kappa shape index (κ2) is 7.47. The molecular weight excluding hydrogens is 264 g/mol. The van der Waals surface area contributed by atoms with E-state index in [0.29, 0.717) is 18.4 Å². The number of nitrogens with zero attached hydrogens (tertiary/aromatic N) is 2. The second-order valence-corrected chi connectivity index (χ2v) is 5.24. The summed E-state index contributed by atoms with van der Waals surface area (Å²) in [6.07, 6.45) is 1.76. The first-order valence-electron chi connectivity index (χ1n) is 7.11. The van der Waals surface area contributed by atoms with E-state index in [9.17, 15) is 0 Å². The van der Waals surface area contributed by atoms with Crippen LogP contribution in [0.25, 0.3) is 0 Å². The van der Waals surface area contributed by atoms with E-state index in [1.807, 2.05) is 30.3 Å². The summed E-state index contributed by atoms with van der Waals surface area (Å²) in [6.45, 7) is 5.88. The number of aromatic nitrogens is 2. The average Bonchev–Trinajstić information content (AvgIpc) is 2.52. The fourth-order valence-corrected chi connectivity index (χ4v) is 1.77. The highest BCUT2D eigenvalue weighted by molar-refractivity contribution is 5.40. The van der Waals surface area contributed by atoms with Gasteiger partial charge in [0.2, 0.25) is 5.95 Å². The summed E-state index contributed by atoms with van der Waals surface area (Å²) in [4.78, 5) is 8.65. The Labute approximate surface area is 125 Å². The van der Waals surface area contributed by atoms with Gasteiger partial charge in [-0.05, 0) is 29.7 Å². The first-order chi connectivity index (χ1) is 10.2. The minimum atomic E-state index is 0.560. The Balaban J connectivity index is 1.91. The first kappa shape index (κ1) is 15.1. The number of methoxy groups -OCH3 is 1. The van der Waals surface area contributed by atoms with Crippen molar-refractivity contribution in [2.45, 2.75) is 20.4 Å². The van der Waals surface area contributed by atoms with Crippen molar-refractivity contribution in [2.24, 2.45) is 5.92 Å². The van der Waals surface area contributed by atoms with Crippen molar-refractivity contribution in [3.63, 3.8) is 0 Å². The van der Waals surface area contributed by atoms with Crippen molar-refractivity contribution in [3.05, 3.63) is 42.1 Å². The SMILES string of the molecule is COc1ccc(CNc2ccnc(NCC(C)C)n2)cc1. The van der Waals surface area contributed by atoms with Crippen LogP contribution in [-0.4, -0.2) is 23.6 Å². The number of benzene rings is 1. The number of anilines is 2. The van der Waals surface area contributed by atoms with Gasteiger partial charge < -0.3 is 15.4 Å². The zero-order valence-electron chi connectivity index (χ0n) is 12.8. The van der Waals surface area contributed by atoms with E-state index in [-0.39, 0.29) is 0 Å². The molecule has 0 bridgehead atoms. The van der Waals surface area contributed by atoms with Crippen LogP contribution < -0.4 is 15.4 Å². The van der Waals surface area contributed by atoms with Crippen LogP contribution in [0.5, 0.6) is 5.75 Å². The molecule has 5 nitrogen and oxygen atoms in total. The predicted molar refractivity (Wildman–Crippen MR) is 85.7 cm³/mol. The minimum Gasteiger partial charge on any atom is -0.497 e. The molecule has 2 N–H and O–H groups in total. The Kier molecular flexibility index (Phi) is 5.37. The highest BCUT2D eigenvalue weighted by atomic mass is 16.5. The van der Waals surface area contributed by atoms with Gasteiger partial charge >= 0.3 is 0 Å². The summed E-state index contributed by atoms with van der Waals surface area (Å²) >= 11 is 0. The molecule has 0 aliphatic carbocycles. The average molecular weight is 286 g/mol. The van der Waals surface area contributed by atoms with E-state index in [4.69, 9.17) is 4.74 Å². The van der Waals surface area contributed by atoms with Gasteiger partial charge in [-0.15, -0.1) is 0 Å². The van der Waals surface area contributed by atoms with Crippen molar-refractivity contribution in [1.82, 2.24) is 9.97 Å². The molecule has 1 aromatic heterocycles. The first-order valence-corrected chi connectivity index (χ1v) is 7.11. The molecule has 2 aromatic rings. The molecular formula is C16H22N4O. The van der Waals surface area contributed by atoms with Crippen molar-refractivity contribution in [2.75, 3.05) is 24.3 Å². The van der Waals surface area contributed by atoms with Crippen LogP contribution in [0.15, 0.2) is 36.5 Å². The maximum Gasteiger partial charge on any atom is 0.224 e.